The molecule has 5 heteroatoms. The van der Waals surface area contributed by atoms with Gasteiger partial charge in [0.25, 0.3) is 0 Å². The third-order valence-electron chi connectivity index (χ3n) is 4.12. The molecule has 20 heavy (non-hydrogen) atoms. The fourth-order valence-corrected chi connectivity index (χ4v) is 2.72. The average molecular weight is 279 g/mol. The number of carbonyl (C=O) groups is 1. The van der Waals surface area contributed by atoms with Crippen LogP contribution in [-0.2, 0) is 16.0 Å². The van der Waals surface area contributed by atoms with E-state index >= 15 is 0 Å². The second-order valence-electron chi connectivity index (χ2n) is 5.77. The van der Waals surface area contributed by atoms with Gasteiger partial charge < -0.3 is 9.64 Å². The van der Waals surface area contributed by atoms with Crippen LogP contribution in [0.15, 0.2) is 0 Å². The van der Waals surface area contributed by atoms with E-state index in [-0.39, 0.29) is 5.91 Å². The van der Waals surface area contributed by atoms with E-state index in [1.807, 2.05) is 25.8 Å². The third-order valence-corrected chi connectivity index (χ3v) is 4.12. The topological polar surface area (TPSA) is 58.2 Å². The highest BCUT2D eigenvalue weighted by molar-refractivity contribution is 5.76. The Morgan fingerprint density at radius 3 is 2.90 bits per heavy atom. The second-order valence-corrected chi connectivity index (χ2v) is 5.77. The van der Waals surface area contributed by atoms with E-state index in [2.05, 4.69) is 10.2 Å². The summed E-state index contributed by atoms with van der Waals surface area (Å²) in [5.74, 6) is 0.621. The minimum Gasteiger partial charge on any atom is -0.381 e. The number of nitrogens with zero attached hydrogens (tertiary/aromatic N) is 2. The van der Waals surface area contributed by atoms with Crippen molar-refractivity contribution in [1.82, 2.24) is 15.1 Å². The van der Waals surface area contributed by atoms with Gasteiger partial charge in [-0.3, -0.25) is 9.89 Å². The third kappa shape index (κ3) is 3.82. The normalized spacial score (nSPS) is 19.1. The van der Waals surface area contributed by atoms with E-state index in [4.69, 9.17) is 4.74 Å². The molecule has 0 unspecified atom stereocenters. The molecule has 1 aliphatic rings. The molecule has 1 fully saturated rings. The quantitative estimate of drug-likeness (QED) is 0.895. The fraction of sp³-hybridized carbons (Fsp3) is 0.733. The summed E-state index contributed by atoms with van der Waals surface area (Å²) in [4.78, 5) is 14.0. The number of H-pyrrole nitrogens is 1. The van der Waals surface area contributed by atoms with Gasteiger partial charge in [-0.2, -0.15) is 5.10 Å². The smallest absolute Gasteiger partial charge is 0.222 e. The first kappa shape index (κ1) is 15.0. The molecule has 0 saturated carbocycles. The molecule has 0 aliphatic carbocycles. The molecular formula is C15H25N3O2. The number of ether oxygens (including phenoxy) is 1. The van der Waals surface area contributed by atoms with Crippen LogP contribution < -0.4 is 0 Å². The SMILES string of the molecule is Cc1n[nH]c(C)c1CCN(C)C(=O)C[C@H]1CCCOC1. The summed E-state index contributed by atoms with van der Waals surface area (Å²) < 4.78 is 5.43. The van der Waals surface area contributed by atoms with E-state index < -0.39 is 0 Å². The molecule has 2 rings (SSSR count). The minimum absolute atomic E-state index is 0.222. The van der Waals surface area contributed by atoms with Crippen molar-refractivity contribution < 1.29 is 9.53 Å². The molecule has 5 nitrogen and oxygen atoms in total. The lowest BCUT2D eigenvalue weighted by Gasteiger charge is -2.24. The van der Waals surface area contributed by atoms with Gasteiger partial charge in [0.05, 0.1) is 5.69 Å². The van der Waals surface area contributed by atoms with E-state index in [1.54, 1.807) is 0 Å². The van der Waals surface area contributed by atoms with E-state index in [0.717, 1.165) is 50.4 Å². The maximum Gasteiger partial charge on any atom is 0.222 e. The zero-order valence-electron chi connectivity index (χ0n) is 12.7. The van der Waals surface area contributed by atoms with Crippen molar-refractivity contribution in [3.63, 3.8) is 0 Å². The first-order chi connectivity index (χ1) is 9.58. The van der Waals surface area contributed by atoms with Gasteiger partial charge in [0.15, 0.2) is 0 Å². The van der Waals surface area contributed by atoms with Crippen LogP contribution in [0.1, 0.15) is 36.2 Å². The molecule has 2 heterocycles. The van der Waals surface area contributed by atoms with Crippen molar-refractivity contribution in [3.05, 3.63) is 17.0 Å². The van der Waals surface area contributed by atoms with Crippen LogP contribution in [0.4, 0.5) is 0 Å². The zero-order valence-corrected chi connectivity index (χ0v) is 12.7. The summed E-state index contributed by atoms with van der Waals surface area (Å²) in [6.07, 6.45) is 3.66. The van der Waals surface area contributed by atoms with E-state index in [9.17, 15) is 4.79 Å². The molecule has 0 radical (unpaired) electrons. The first-order valence-corrected chi connectivity index (χ1v) is 7.40. The van der Waals surface area contributed by atoms with Gasteiger partial charge in [0.1, 0.15) is 0 Å². The van der Waals surface area contributed by atoms with Crippen molar-refractivity contribution in [2.75, 3.05) is 26.8 Å². The lowest BCUT2D eigenvalue weighted by Crippen LogP contribution is -2.32. The van der Waals surface area contributed by atoms with Gasteiger partial charge in [0.2, 0.25) is 5.91 Å². The first-order valence-electron chi connectivity index (χ1n) is 7.40. The van der Waals surface area contributed by atoms with E-state index in [0.29, 0.717) is 12.3 Å². The molecule has 1 saturated heterocycles. The molecule has 1 atom stereocenters. The van der Waals surface area contributed by atoms with Crippen LogP contribution in [-0.4, -0.2) is 47.8 Å². The van der Waals surface area contributed by atoms with Crippen molar-refractivity contribution in [2.24, 2.45) is 5.92 Å². The van der Waals surface area contributed by atoms with Gasteiger partial charge in [-0.25, -0.2) is 0 Å². The lowest BCUT2D eigenvalue weighted by atomic mass is 9.98. The van der Waals surface area contributed by atoms with Crippen LogP contribution in [0.2, 0.25) is 0 Å². The largest absolute Gasteiger partial charge is 0.381 e. The van der Waals surface area contributed by atoms with Gasteiger partial charge in [-0.1, -0.05) is 0 Å². The highest BCUT2D eigenvalue weighted by Gasteiger charge is 2.20. The second kappa shape index (κ2) is 6.88. The maximum atomic E-state index is 12.2. The summed E-state index contributed by atoms with van der Waals surface area (Å²) in [7, 11) is 1.89. The molecule has 0 bridgehead atoms. The van der Waals surface area contributed by atoms with Gasteiger partial charge in [-0.05, 0) is 44.6 Å². The molecule has 1 aromatic rings. The van der Waals surface area contributed by atoms with Gasteiger partial charge in [-0.15, -0.1) is 0 Å². The monoisotopic (exact) mass is 279 g/mol. The molecule has 112 valence electrons. The standard InChI is InChI=1S/C15H25N3O2/c1-11-14(12(2)17-16-11)6-7-18(3)15(19)9-13-5-4-8-20-10-13/h13H,4-10H2,1-3H3,(H,16,17)/t13-/m1/s1. The number of hydrogen-bond donors (Lipinski definition) is 1. The number of rotatable bonds is 5. The molecule has 0 spiro atoms. The number of aromatic amines is 1. The molecule has 1 amide bonds. The van der Waals surface area contributed by atoms with Gasteiger partial charge in [0, 0.05) is 38.9 Å². The molecule has 1 aromatic heterocycles. The number of nitrogens with one attached hydrogen (secondary N) is 1. The van der Waals surface area contributed by atoms with Crippen LogP contribution in [0.3, 0.4) is 0 Å². The Morgan fingerprint density at radius 1 is 1.50 bits per heavy atom. The summed E-state index contributed by atoms with van der Waals surface area (Å²) in [6.45, 7) is 6.35. The van der Waals surface area contributed by atoms with Gasteiger partial charge >= 0.3 is 0 Å². The number of amides is 1. The Balaban J connectivity index is 1.79. The molecule has 1 N–H and O–H groups in total. The van der Waals surface area contributed by atoms with Crippen molar-refractivity contribution in [1.29, 1.82) is 0 Å². The summed E-state index contributed by atoms with van der Waals surface area (Å²) in [5, 5.41) is 7.17. The average Bonchev–Trinajstić information content (AvgIpc) is 2.76. The Kier molecular flexibility index (Phi) is 5.17. The predicted molar refractivity (Wildman–Crippen MR) is 77.6 cm³/mol. The fourth-order valence-electron chi connectivity index (χ4n) is 2.72. The van der Waals surface area contributed by atoms with Crippen molar-refractivity contribution in [2.45, 2.75) is 39.5 Å². The Hall–Kier alpha value is -1.36. The minimum atomic E-state index is 0.222. The van der Waals surface area contributed by atoms with Crippen LogP contribution in [0, 0.1) is 19.8 Å². The number of aryl methyl sites for hydroxylation is 2. The molecular weight excluding hydrogens is 254 g/mol. The Bertz CT molecular complexity index is 430. The summed E-state index contributed by atoms with van der Waals surface area (Å²) >= 11 is 0. The molecule has 0 aromatic carbocycles. The highest BCUT2D eigenvalue weighted by atomic mass is 16.5. The number of likely N-dealkylation sites (N-methyl/N-ethyl adjacent to an activating group) is 1. The van der Waals surface area contributed by atoms with Crippen LogP contribution in [0.25, 0.3) is 0 Å². The Morgan fingerprint density at radius 2 is 2.30 bits per heavy atom. The number of aromatic nitrogens is 2. The lowest BCUT2D eigenvalue weighted by molar-refractivity contribution is -0.132. The predicted octanol–water partition coefficient (Wildman–Crippen LogP) is 1.84. The summed E-state index contributed by atoms with van der Waals surface area (Å²) in [5.41, 5.74) is 3.36. The van der Waals surface area contributed by atoms with Crippen molar-refractivity contribution in [3.8, 4) is 0 Å². The van der Waals surface area contributed by atoms with E-state index in [1.165, 1.54) is 5.56 Å². The van der Waals surface area contributed by atoms with Crippen molar-refractivity contribution >= 4 is 5.91 Å². The number of hydrogen-bond acceptors (Lipinski definition) is 3. The molecule has 1 aliphatic heterocycles. The number of carbonyl (C=O) groups excluding carboxylic acids is 1. The summed E-state index contributed by atoms with van der Waals surface area (Å²) in [6, 6.07) is 0. The van der Waals surface area contributed by atoms with Crippen LogP contribution in [0.5, 0.6) is 0 Å². The maximum absolute atomic E-state index is 12.2. The Labute approximate surface area is 120 Å². The van der Waals surface area contributed by atoms with Crippen LogP contribution >= 0.6 is 0 Å². The zero-order chi connectivity index (χ0) is 14.5. The highest BCUT2D eigenvalue weighted by Crippen LogP contribution is 2.18.